The van der Waals surface area contributed by atoms with Crippen LogP contribution in [-0.4, -0.2) is 50.4 Å². The van der Waals surface area contributed by atoms with Crippen molar-refractivity contribution in [3.63, 3.8) is 0 Å². The summed E-state index contributed by atoms with van der Waals surface area (Å²) in [5.74, 6) is -0.304. The molecule has 0 heterocycles. The van der Waals surface area contributed by atoms with Crippen LogP contribution < -0.4 is 15.5 Å². The zero-order valence-electron chi connectivity index (χ0n) is 24.7. The van der Waals surface area contributed by atoms with Crippen LogP contribution in [-0.2, 0) is 26.0 Å². The Bertz CT molecular complexity index is 1640. The van der Waals surface area contributed by atoms with Gasteiger partial charge in [0.1, 0.15) is 5.75 Å². The number of hydrogen-bond acceptors (Lipinski definition) is 6. The largest absolute Gasteiger partial charge is 0.484 e. The van der Waals surface area contributed by atoms with Gasteiger partial charge < -0.3 is 10.1 Å². The van der Waals surface area contributed by atoms with Crippen LogP contribution in [0, 0.1) is 6.92 Å². The Morgan fingerprint density at radius 3 is 2.16 bits per heavy atom. The highest BCUT2D eigenvalue weighted by Crippen LogP contribution is 2.17. The predicted octanol–water partition coefficient (Wildman–Crippen LogP) is 4.63. The number of amides is 2. The molecular weight excluding hydrogens is 576 g/mol. The highest BCUT2D eigenvalue weighted by Gasteiger charge is 2.26. The number of ether oxygens (including phenoxy) is 1. The average molecular weight is 613 g/mol. The van der Waals surface area contributed by atoms with E-state index in [-0.39, 0.29) is 30.0 Å². The molecule has 2 amide bonds. The normalized spacial score (nSPS) is 12.2. The van der Waals surface area contributed by atoms with Gasteiger partial charge in [0.15, 0.2) is 6.61 Å². The summed E-state index contributed by atoms with van der Waals surface area (Å²) in [6.07, 6.45) is 1.89. The van der Waals surface area contributed by atoms with Gasteiger partial charge >= 0.3 is 0 Å². The third-order valence-corrected chi connectivity index (χ3v) is 8.66. The summed E-state index contributed by atoms with van der Waals surface area (Å²) in [6, 6.07) is 32.4. The molecule has 4 rings (SSSR count). The molecule has 0 bridgehead atoms. The van der Waals surface area contributed by atoms with Gasteiger partial charge in [-0.2, -0.15) is 9.41 Å². The highest BCUT2D eigenvalue weighted by molar-refractivity contribution is 7.89. The number of carbonyl (C=O) groups excluding carboxylic acids is 2. The fourth-order valence-corrected chi connectivity index (χ4v) is 5.72. The molecule has 2 N–H and O–H groups in total. The van der Waals surface area contributed by atoms with Crippen molar-refractivity contribution in [2.24, 2.45) is 5.10 Å². The van der Waals surface area contributed by atoms with Gasteiger partial charge in [0.2, 0.25) is 10.0 Å². The molecule has 228 valence electrons. The topological polar surface area (TPSA) is 117 Å². The lowest BCUT2D eigenvalue weighted by Crippen LogP contribution is -2.40. The minimum atomic E-state index is -3.92. The lowest BCUT2D eigenvalue weighted by molar-refractivity contribution is -0.124. The van der Waals surface area contributed by atoms with Gasteiger partial charge in [-0.25, -0.2) is 13.8 Å². The van der Waals surface area contributed by atoms with Gasteiger partial charge in [0.05, 0.1) is 23.7 Å². The van der Waals surface area contributed by atoms with Gasteiger partial charge in [0.25, 0.3) is 11.8 Å². The molecule has 0 saturated carbocycles. The number of nitrogens with zero attached hydrogens (tertiary/aromatic N) is 2. The first-order chi connectivity index (χ1) is 21.2. The Hall–Kier alpha value is -4.80. The third-order valence-electron chi connectivity index (χ3n) is 6.80. The monoisotopic (exact) mass is 612 g/mol. The summed E-state index contributed by atoms with van der Waals surface area (Å²) in [6.45, 7) is 3.39. The number of hydrazone groups is 1. The maximum Gasteiger partial charge on any atom is 0.258 e. The van der Waals surface area contributed by atoms with Crippen LogP contribution in [0.15, 0.2) is 119 Å². The summed E-state index contributed by atoms with van der Waals surface area (Å²) < 4.78 is 33.6. The first kappa shape index (κ1) is 32.1. The number of hydrogen-bond donors (Lipinski definition) is 2. The van der Waals surface area contributed by atoms with E-state index in [1.807, 2.05) is 74.5 Å². The van der Waals surface area contributed by atoms with Crippen molar-refractivity contribution in [1.29, 1.82) is 0 Å². The molecule has 1 atom stereocenters. The van der Waals surface area contributed by atoms with Crippen molar-refractivity contribution in [2.45, 2.75) is 31.2 Å². The van der Waals surface area contributed by atoms with E-state index in [1.165, 1.54) is 10.5 Å². The molecule has 0 aliphatic heterocycles. The Kier molecular flexibility index (Phi) is 11.4. The fourth-order valence-electron chi connectivity index (χ4n) is 4.32. The van der Waals surface area contributed by atoms with E-state index < -0.39 is 22.5 Å². The van der Waals surface area contributed by atoms with Crippen molar-refractivity contribution in [2.75, 3.05) is 19.7 Å². The van der Waals surface area contributed by atoms with E-state index in [9.17, 15) is 18.0 Å². The minimum Gasteiger partial charge on any atom is -0.484 e. The van der Waals surface area contributed by atoms with E-state index in [1.54, 1.807) is 48.5 Å². The van der Waals surface area contributed by atoms with Crippen LogP contribution in [0.25, 0.3) is 0 Å². The maximum absolute atomic E-state index is 13.4. The van der Waals surface area contributed by atoms with Crippen molar-refractivity contribution >= 4 is 28.1 Å². The Balaban J connectivity index is 1.30. The summed E-state index contributed by atoms with van der Waals surface area (Å²) >= 11 is 0. The van der Waals surface area contributed by atoms with Crippen LogP contribution in [0.1, 0.15) is 35.2 Å². The van der Waals surface area contributed by atoms with Gasteiger partial charge in [-0.05, 0) is 73.4 Å². The van der Waals surface area contributed by atoms with Crippen molar-refractivity contribution < 1.29 is 22.7 Å². The molecule has 0 spiro atoms. The molecule has 0 saturated heterocycles. The molecule has 44 heavy (non-hydrogen) atoms. The van der Waals surface area contributed by atoms with Crippen LogP contribution in [0.3, 0.4) is 0 Å². The van der Waals surface area contributed by atoms with Crippen molar-refractivity contribution in [3.05, 3.63) is 131 Å². The van der Waals surface area contributed by atoms with Crippen LogP contribution in [0.4, 0.5) is 0 Å². The van der Waals surface area contributed by atoms with Crippen LogP contribution >= 0.6 is 0 Å². The number of sulfonamides is 1. The summed E-state index contributed by atoms with van der Waals surface area (Å²) in [5, 5.41) is 6.89. The van der Waals surface area contributed by atoms with Gasteiger partial charge in [-0.3, -0.25) is 9.59 Å². The number of carbonyl (C=O) groups is 2. The lowest BCUT2D eigenvalue weighted by Gasteiger charge is -2.21. The number of aryl methyl sites for hydroxylation is 1. The maximum atomic E-state index is 13.4. The summed E-state index contributed by atoms with van der Waals surface area (Å²) in [7, 11) is -3.92. The van der Waals surface area contributed by atoms with E-state index >= 15 is 0 Å². The standard InChI is InChI=1S/C34H36N4O5S/c1-26-13-19-32(20-14-26)44(41,42)38(22-21-28-9-5-3-6-10-28)24-33(39)37-35-23-29-15-17-31(18-16-29)43-25-34(40)36-27(2)30-11-7-4-8-12-30/h3-20,23,27H,21-22,24-25H2,1-2H3,(H,36,40)(H,37,39)/b35-23-/t27-/m1/s1. The molecule has 0 radical (unpaired) electrons. The van der Waals surface area contributed by atoms with E-state index in [0.717, 1.165) is 16.7 Å². The zero-order chi connectivity index (χ0) is 31.4. The van der Waals surface area contributed by atoms with E-state index in [4.69, 9.17) is 4.74 Å². The fraction of sp³-hybridized carbons (Fsp3) is 0.206. The quantitative estimate of drug-likeness (QED) is 0.159. The molecule has 0 aliphatic rings. The highest BCUT2D eigenvalue weighted by atomic mass is 32.2. The molecule has 0 aromatic heterocycles. The average Bonchev–Trinajstić information content (AvgIpc) is 3.03. The SMILES string of the molecule is Cc1ccc(S(=O)(=O)N(CCc2ccccc2)CC(=O)N/N=C\c2ccc(OCC(=O)N[C@H](C)c3ccccc3)cc2)cc1. The Morgan fingerprint density at radius 2 is 1.50 bits per heavy atom. The zero-order valence-corrected chi connectivity index (χ0v) is 25.5. The smallest absolute Gasteiger partial charge is 0.258 e. The summed E-state index contributed by atoms with van der Waals surface area (Å²) in [4.78, 5) is 25.2. The molecule has 9 nitrogen and oxygen atoms in total. The Morgan fingerprint density at radius 1 is 0.864 bits per heavy atom. The van der Waals surface area contributed by atoms with Crippen molar-refractivity contribution in [3.8, 4) is 5.75 Å². The molecule has 0 aliphatic carbocycles. The minimum absolute atomic E-state index is 0.123. The molecule has 0 unspecified atom stereocenters. The van der Waals surface area contributed by atoms with E-state index in [2.05, 4.69) is 15.8 Å². The third kappa shape index (κ3) is 9.62. The van der Waals surface area contributed by atoms with E-state index in [0.29, 0.717) is 17.7 Å². The van der Waals surface area contributed by atoms with Crippen LogP contribution in [0.5, 0.6) is 5.75 Å². The molecule has 0 fully saturated rings. The lowest BCUT2D eigenvalue weighted by atomic mass is 10.1. The van der Waals surface area contributed by atoms with Crippen molar-refractivity contribution in [1.82, 2.24) is 15.0 Å². The second kappa shape index (κ2) is 15.6. The second-order valence-electron chi connectivity index (χ2n) is 10.2. The predicted molar refractivity (Wildman–Crippen MR) is 171 cm³/mol. The van der Waals surface area contributed by atoms with Crippen LogP contribution in [0.2, 0.25) is 0 Å². The van der Waals surface area contributed by atoms with Gasteiger partial charge in [0, 0.05) is 6.54 Å². The molecule has 4 aromatic carbocycles. The molecular formula is C34H36N4O5S. The second-order valence-corrected chi connectivity index (χ2v) is 12.2. The number of rotatable bonds is 14. The summed E-state index contributed by atoms with van der Waals surface area (Å²) in [5.41, 5.74) is 6.00. The first-order valence-electron chi connectivity index (χ1n) is 14.2. The van der Waals surface area contributed by atoms with Gasteiger partial charge in [-0.1, -0.05) is 78.4 Å². The molecule has 10 heteroatoms. The molecule has 4 aromatic rings. The Labute approximate surface area is 258 Å². The number of benzene rings is 4. The van der Waals surface area contributed by atoms with Gasteiger partial charge in [-0.15, -0.1) is 0 Å². The number of nitrogens with one attached hydrogen (secondary N) is 2. The first-order valence-corrected chi connectivity index (χ1v) is 15.6.